The van der Waals surface area contributed by atoms with E-state index >= 15 is 0 Å². The second-order valence-electron chi connectivity index (χ2n) is 11.2. The first kappa shape index (κ1) is 29.3. The van der Waals surface area contributed by atoms with Crippen molar-refractivity contribution >= 4 is 17.8 Å². The van der Waals surface area contributed by atoms with Crippen molar-refractivity contribution in [2.24, 2.45) is 0 Å². The smallest absolute Gasteiger partial charge is 0.410 e. The molecule has 0 aliphatic carbocycles. The molecule has 3 N–H and O–H groups in total. The Labute approximate surface area is 228 Å². The van der Waals surface area contributed by atoms with Crippen LogP contribution in [-0.2, 0) is 16.7 Å². The minimum atomic E-state index is -0.591. The number of likely N-dealkylation sites (N-methyl/N-ethyl adjacent to an activating group) is 1. The summed E-state index contributed by atoms with van der Waals surface area (Å²) in [5, 5.41) is 10.6. The summed E-state index contributed by atoms with van der Waals surface area (Å²) in [5.74, 6) is 0.373. The predicted octanol–water partition coefficient (Wildman–Crippen LogP) is 3.89. The Kier molecular flexibility index (Phi) is 8.78. The maximum absolute atomic E-state index is 12.5. The molecule has 0 aliphatic rings. The van der Waals surface area contributed by atoms with E-state index in [9.17, 15) is 9.59 Å². The molecular weight excluding hydrogens is 502 g/mol. The van der Waals surface area contributed by atoms with Gasteiger partial charge in [0.2, 0.25) is 5.89 Å². The van der Waals surface area contributed by atoms with Crippen molar-refractivity contribution in [3.63, 3.8) is 0 Å². The van der Waals surface area contributed by atoms with Crippen molar-refractivity contribution in [1.29, 1.82) is 0 Å². The lowest BCUT2D eigenvalue weighted by Crippen LogP contribution is -2.36. The molecule has 0 atom stereocenters. The third kappa shape index (κ3) is 7.88. The van der Waals surface area contributed by atoms with Crippen molar-refractivity contribution in [2.75, 3.05) is 25.9 Å². The standard InChI is InChI=1S/C27H37N7O5/c1-16-13-17(9-10-18(16)14-29-22(35)23-32-33-24(38-23)26(2,3)4)19-20(21(28)31-15-30-19)37-12-11-34(8)25(36)39-27(5,6)7/h9-10,13,15H,11-12,14H2,1-8H3,(H,29,35)(H2,28,30,31). The number of nitrogens with two attached hydrogens (primary N) is 1. The summed E-state index contributed by atoms with van der Waals surface area (Å²) in [5.41, 5.74) is 8.25. The number of nitrogens with zero attached hydrogens (tertiary/aromatic N) is 5. The molecule has 3 aromatic rings. The van der Waals surface area contributed by atoms with E-state index in [1.54, 1.807) is 27.8 Å². The van der Waals surface area contributed by atoms with Gasteiger partial charge < -0.3 is 29.8 Å². The normalized spacial score (nSPS) is 11.7. The number of anilines is 1. The molecule has 3 rings (SSSR count). The van der Waals surface area contributed by atoms with E-state index in [2.05, 4.69) is 25.5 Å². The third-order valence-electron chi connectivity index (χ3n) is 5.53. The average molecular weight is 540 g/mol. The number of nitrogen functional groups attached to an aromatic ring is 1. The Hall–Kier alpha value is -4.22. The molecule has 12 heteroatoms. The minimum Gasteiger partial charge on any atom is -0.486 e. The Morgan fingerprint density at radius 2 is 1.82 bits per heavy atom. The molecule has 1 aromatic carbocycles. The van der Waals surface area contributed by atoms with Gasteiger partial charge in [0.25, 0.3) is 0 Å². The molecule has 2 aromatic heterocycles. The van der Waals surface area contributed by atoms with E-state index < -0.39 is 17.6 Å². The topological polar surface area (TPSA) is 159 Å². The van der Waals surface area contributed by atoms with E-state index in [0.29, 0.717) is 17.3 Å². The van der Waals surface area contributed by atoms with Crippen molar-refractivity contribution in [1.82, 2.24) is 30.4 Å². The maximum Gasteiger partial charge on any atom is 0.410 e. The lowest BCUT2D eigenvalue weighted by molar-refractivity contribution is 0.0278. The highest BCUT2D eigenvalue weighted by molar-refractivity contribution is 5.89. The van der Waals surface area contributed by atoms with E-state index in [4.69, 9.17) is 19.6 Å². The number of carbonyl (C=O) groups is 2. The predicted molar refractivity (Wildman–Crippen MR) is 145 cm³/mol. The van der Waals surface area contributed by atoms with Gasteiger partial charge in [-0.2, -0.15) is 0 Å². The van der Waals surface area contributed by atoms with Gasteiger partial charge in [-0.1, -0.05) is 32.9 Å². The molecule has 0 spiro atoms. The summed E-state index contributed by atoms with van der Waals surface area (Å²) < 4.78 is 16.8. The van der Waals surface area contributed by atoms with Gasteiger partial charge >= 0.3 is 17.9 Å². The van der Waals surface area contributed by atoms with Crippen molar-refractivity contribution in [3.8, 4) is 17.0 Å². The molecule has 0 bridgehead atoms. The number of hydrogen-bond donors (Lipinski definition) is 2. The van der Waals surface area contributed by atoms with Crippen LogP contribution < -0.4 is 15.8 Å². The number of ether oxygens (including phenoxy) is 2. The van der Waals surface area contributed by atoms with Crippen LogP contribution in [0.3, 0.4) is 0 Å². The summed E-state index contributed by atoms with van der Waals surface area (Å²) in [6.45, 7) is 13.8. The molecule has 0 saturated carbocycles. The molecule has 0 saturated heterocycles. The van der Waals surface area contributed by atoms with Gasteiger partial charge in [-0.25, -0.2) is 14.8 Å². The monoisotopic (exact) mass is 539 g/mol. The quantitative estimate of drug-likeness (QED) is 0.430. The zero-order chi connectivity index (χ0) is 29.0. The lowest BCUT2D eigenvalue weighted by Gasteiger charge is -2.24. The number of amides is 2. The number of aromatic nitrogens is 4. The van der Waals surface area contributed by atoms with Crippen LogP contribution in [0.15, 0.2) is 28.9 Å². The van der Waals surface area contributed by atoms with Gasteiger partial charge in [-0.3, -0.25) is 4.79 Å². The highest BCUT2D eigenvalue weighted by atomic mass is 16.6. The largest absolute Gasteiger partial charge is 0.486 e. The number of rotatable bonds is 8. The average Bonchev–Trinajstić information content (AvgIpc) is 3.34. The fourth-order valence-electron chi connectivity index (χ4n) is 3.36. The Morgan fingerprint density at radius 3 is 2.44 bits per heavy atom. The first-order chi connectivity index (χ1) is 18.2. The Morgan fingerprint density at radius 1 is 1.10 bits per heavy atom. The number of hydrogen-bond acceptors (Lipinski definition) is 10. The molecule has 0 fully saturated rings. The maximum atomic E-state index is 12.5. The van der Waals surface area contributed by atoms with Gasteiger partial charge in [-0.05, 0) is 44.9 Å². The minimum absolute atomic E-state index is 0.0789. The third-order valence-corrected chi connectivity index (χ3v) is 5.53. The van der Waals surface area contributed by atoms with Crippen LogP contribution in [0.4, 0.5) is 10.6 Å². The number of carbonyl (C=O) groups excluding carboxylic acids is 2. The summed E-state index contributed by atoms with van der Waals surface area (Å²) in [6, 6.07) is 5.67. The summed E-state index contributed by atoms with van der Waals surface area (Å²) in [6.07, 6.45) is 0.917. The van der Waals surface area contributed by atoms with Crippen LogP contribution in [0.5, 0.6) is 5.75 Å². The van der Waals surface area contributed by atoms with Gasteiger partial charge in [0.15, 0.2) is 11.6 Å². The highest BCUT2D eigenvalue weighted by Gasteiger charge is 2.24. The zero-order valence-electron chi connectivity index (χ0n) is 23.8. The van der Waals surface area contributed by atoms with E-state index in [0.717, 1.165) is 16.7 Å². The number of aryl methyl sites for hydroxylation is 1. The van der Waals surface area contributed by atoms with Gasteiger partial charge in [0.05, 0.1) is 6.54 Å². The van der Waals surface area contributed by atoms with Crippen molar-refractivity contribution in [3.05, 3.63) is 47.4 Å². The van der Waals surface area contributed by atoms with Crippen LogP contribution in [0.1, 0.15) is 69.2 Å². The van der Waals surface area contributed by atoms with Crippen LogP contribution in [0, 0.1) is 6.92 Å². The summed E-state index contributed by atoms with van der Waals surface area (Å²) in [7, 11) is 1.63. The van der Waals surface area contributed by atoms with Crippen LogP contribution in [0.25, 0.3) is 11.3 Å². The zero-order valence-corrected chi connectivity index (χ0v) is 23.8. The molecule has 210 valence electrons. The van der Waals surface area contributed by atoms with Crippen molar-refractivity contribution in [2.45, 2.75) is 66.0 Å². The molecular formula is C27H37N7O5. The molecule has 2 heterocycles. The lowest BCUT2D eigenvalue weighted by atomic mass is 9.97. The number of nitrogens with one attached hydrogen (secondary N) is 1. The van der Waals surface area contributed by atoms with Crippen LogP contribution >= 0.6 is 0 Å². The molecule has 0 radical (unpaired) electrons. The number of benzene rings is 1. The fourth-order valence-corrected chi connectivity index (χ4v) is 3.36. The first-order valence-corrected chi connectivity index (χ1v) is 12.5. The van der Waals surface area contributed by atoms with E-state index in [-0.39, 0.29) is 36.8 Å². The second-order valence-corrected chi connectivity index (χ2v) is 11.2. The SMILES string of the molecule is Cc1cc(-c2ncnc(N)c2OCCN(C)C(=O)OC(C)(C)C)ccc1CNC(=O)c1nnc(C(C)(C)C)o1. The van der Waals surface area contributed by atoms with Gasteiger partial charge in [-0.15, -0.1) is 10.2 Å². The van der Waals surface area contributed by atoms with E-state index in [1.807, 2.05) is 45.9 Å². The van der Waals surface area contributed by atoms with Crippen molar-refractivity contribution < 1.29 is 23.5 Å². The molecule has 12 nitrogen and oxygen atoms in total. The van der Waals surface area contributed by atoms with Gasteiger partial charge in [0.1, 0.15) is 24.2 Å². The summed E-state index contributed by atoms with van der Waals surface area (Å²) >= 11 is 0. The molecule has 0 unspecified atom stereocenters. The van der Waals surface area contributed by atoms with Crippen LogP contribution in [-0.4, -0.2) is 62.9 Å². The molecule has 2 amide bonds. The second kappa shape index (κ2) is 11.7. The fraction of sp³-hybridized carbons (Fsp3) is 0.481. The Balaban J connectivity index is 1.67. The van der Waals surface area contributed by atoms with Crippen LogP contribution in [0.2, 0.25) is 0 Å². The molecule has 0 aliphatic heterocycles. The molecule has 39 heavy (non-hydrogen) atoms. The first-order valence-electron chi connectivity index (χ1n) is 12.5. The highest BCUT2D eigenvalue weighted by Crippen LogP contribution is 2.32. The summed E-state index contributed by atoms with van der Waals surface area (Å²) in [4.78, 5) is 34.6. The Bertz CT molecular complexity index is 1320. The van der Waals surface area contributed by atoms with E-state index in [1.165, 1.54) is 11.2 Å². The van der Waals surface area contributed by atoms with Gasteiger partial charge in [0, 0.05) is 24.6 Å².